The standard InChI is InChI=1S/C18H18N2OS2/c1-22-12-13-6-8-14(9-7-13)18(21)19-11-10-17-20-15-4-2-3-5-16(15)23-17/h2-9H,10-12H2,1H3,(H,19,21). The van der Waals surface area contributed by atoms with E-state index in [0.29, 0.717) is 12.1 Å². The first-order valence-corrected chi connectivity index (χ1v) is 9.68. The number of carbonyl (C=O) groups excluding carboxylic acids is 1. The van der Waals surface area contributed by atoms with Crippen LogP contribution < -0.4 is 5.32 Å². The van der Waals surface area contributed by atoms with E-state index in [9.17, 15) is 4.79 Å². The van der Waals surface area contributed by atoms with Gasteiger partial charge in [-0.2, -0.15) is 11.8 Å². The minimum Gasteiger partial charge on any atom is -0.352 e. The van der Waals surface area contributed by atoms with E-state index >= 15 is 0 Å². The average molecular weight is 342 g/mol. The summed E-state index contributed by atoms with van der Waals surface area (Å²) in [6.45, 7) is 0.602. The van der Waals surface area contributed by atoms with Gasteiger partial charge in [-0.05, 0) is 36.1 Å². The van der Waals surface area contributed by atoms with Gasteiger partial charge in [-0.3, -0.25) is 4.79 Å². The zero-order valence-corrected chi connectivity index (χ0v) is 14.5. The van der Waals surface area contributed by atoms with Crippen LogP contribution in [0.5, 0.6) is 0 Å². The Bertz CT molecular complexity index is 763. The number of thioether (sulfide) groups is 1. The molecular weight excluding hydrogens is 324 g/mol. The molecule has 0 saturated carbocycles. The summed E-state index contributed by atoms with van der Waals surface area (Å²) in [7, 11) is 0. The van der Waals surface area contributed by atoms with Crippen LogP contribution in [0.1, 0.15) is 20.9 Å². The molecule has 118 valence electrons. The van der Waals surface area contributed by atoms with Crippen LogP contribution in [-0.4, -0.2) is 23.7 Å². The molecule has 0 fully saturated rings. The highest BCUT2D eigenvalue weighted by Gasteiger charge is 2.07. The molecule has 2 aromatic carbocycles. The van der Waals surface area contributed by atoms with E-state index in [1.54, 1.807) is 23.1 Å². The number of rotatable bonds is 6. The second-order valence-corrected chi connectivity index (χ2v) is 7.19. The first-order valence-electron chi connectivity index (χ1n) is 7.47. The Kier molecular flexibility index (Phi) is 5.31. The molecule has 0 radical (unpaired) electrons. The van der Waals surface area contributed by atoms with E-state index in [2.05, 4.69) is 22.6 Å². The molecule has 3 aromatic rings. The van der Waals surface area contributed by atoms with Crippen LogP contribution in [0.3, 0.4) is 0 Å². The van der Waals surface area contributed by atoms with Gasteiger partial charge in [0.25, 0.3) is 5.91 Å². The predicted molar refractivity (Wildman–Crippen MR) is 99.3 cm³/mol. The highest BCUT2D eigenvalue weighted by molar-refractivity contribution is 7.97. The molecule has 0 aliphatic heterocycles. The van der Waals surface area contributed by atoms with Crippen molar-refractivity contribution < 1.29 is 4.79 Å². The number of amides is 1. The Morgan fingerprint density at radius 1 is 1.17 bits per heavy atom. The molecule has 3 rings (SSSR count). The first kappa shape index (κ1) is 16.0. The second kappa shape index (κ2) is 7.62. The van der Waals surface area contributed by atoms with Crippen molar-refractivity contribution in [3.63, 3.8) is 0 Å². The minimum atomic E-state index is -0.0261. The summed E-state index contributed by atoms with van der Waals surface area (Å²) in [4.78, 5) is 16.7. The molecule has 1 heterocycles. The minimum absolute atomic E-state index is 0.0261. The first-order chi connectivity index (χ1) is 11.3. The Balaban J connectivity index is 1.54. The lowest BCUT2D eigenvalue weighted by molar-refractivity contribution is 0.0954. The van der Waals surface area contributed by atoms with Crippen molar-refractivity contribution in [3.8, 4) is 0 Å². The number of benzene rings is 2. The number of carbonyl (C=O) groups is 1. The van der Waals surface area contributed by atoms with Gasteiger partial charge in [0, 0.05) is 24.3 Å². The topological polar surface area (TPSA) is 42.0 Å². The van der Waals surface area contributed by atoms with E-state index < -0.39 is 0 Å². The Morgan fingerprint density at radius 2 is 1.96 bits per heavy atom. The molecule has 23 heavy (non-hydrogen) atoms. The predicted octanol–water partition coefficient (Wildman–Crippen LogP) is 4.13. The maximum Gasteiger partial charge on any atom is 0.251 e. The largest absolute Gasteiger partial charge is 0.352 e. The summed E-state index contributed by atoms with van der Waals surface area (Å²) >= 11 is 3.46. The third-order valence-electron chi connectivity index (χ3n) is 3.49. The number of hydrogen-bond donors (Lipinski definition) is 1. The third kappa shape index (κ3) is 4.12. The quantitative estimate of drug-likeness (QED) is 0.732. The number of aromatic nitrogens is 1. The smallest absolute Gasteiger partial charge is 0.251 e. The van der Waals surface area contributed by atoms with Gasteiger partial charge in [-0.25, -0.2) is 4.98 Å². The van der Waals surface area contributed by atoms with Crippen molar-refractivity contribution in [1.29, 1.82) is 0 Å². The van der Waals surface area contributed by atoms with Crippen LogP contribution in [0.4, 0.5) is 0 Å². The summed E-state index contributed by atoms with van der Waals surface area (Å²) in [6.07, 6.45) is 2.83. The summed E-state index contributed by atoms with van der Waals surface area (Å²) in [5.74, 6) is 0.946. The zero-order chi connectivity index (χ0) is 16.1. The normalized spacial score (nSPS) is 10.8. The zero-order valence-electron chi connectivity index (χ0n) is 12.9. The lowest BCUT2D eigenvalue weighted by atomic mass is 10.1. The molecule has 0 aliphatic rings. The Labute approximate surface area is 144 Å². The van der Waals surface area contributed by atoms with Gasteiger partial charge in [0.05, 0.1) is 15.2 Å². The molecule has 0 atom stereocenters. The van der Waals surface area contributed by atoms with E-state index in [1.807, 2.05) is 42.5 Å². The SMILES string of the molecule is CSCc1ccc(C(=O)NCCc2nc3ccccc3s2)cc1. The van der Waals surface area contributed by atoms with Crippen LogP contribution in [0.25, 0.3) is 10.2 Å². The van der Waals surface area contributed by atoms with Crippen molar-refractivity contribution >= 4 is 39.2 Å². The maximum atomic E-state index is 12.1. The van der Waals surface area contributed by atoms with Gasteiger partial charge < -0.3 is 5.32 Å². The third-order valence-corrected chi connectivity index (χ3v) is 5.21. The molecule has 1 amide bonds. The van der Waals surface area contributed by atoms with Crippen LogP contribution in [0.2, 0.25) is 0 Å². The van der Waals surface area contributed by atoms with Crippen LogP contribution in [0, 0.1) is 0 Å². The molecular formula is C18H18N2OS2. The number of fused-ring (bicyclic) bond motifs is 1. The van der Waals surface area contributed by atoms with Gasteiger partial charge in [0.15, 0.2) is 0 Å². The van der Waals surface area contributed by atoms with E-state index in [1.165, 1.54) is 10.3 Å². The van der Waals surface area contributed by atoms with Crippen LogP contribution in [-0.2, 0) is 12.2 Å². The van der Waals surface area contributed by atoms with Gasteiger partial charge in [0.2, 0.25) is 0 Å². The van der Waals surface area contributed by atoms with Gasteiger partial charge in [-0.15, -0.1) is 11.3 Å². The molecule has 1 N–H and O–H groups in total. The summed E-state index contributed by atoms with van der Waals surface area (Å²) < 4.78 is 1.19. The highest BCUT2D eigenvalue weighted by Crippen LogP contribution is 2.21. The highest BCUT2D eigenvalue weighted by atomic mass is 32.2. The molecule has 0 bridgehead atoms. The molecule has 0 saturated heterocycles. The molecule has 0 aliphatic carbocycles. The number of para-hydroxylation sites is 1. The van der Waals surface area contributed by atoms with Crippen LogP contribution >= 0.6 is 23.1 Å². The summed E-state index contributed by atoms with van der Waals surface area (Å²) in [5, 5.41) is 4.02. The fraction of sp³-hybridized carbons (Fsp3) is 0.222. The maximum absolute atomic E-state index is 12.1. The molecule has 1 aromatic heterocycles. The Hall–Kier alpha value is -1.85. The van der Waals surface area contributed by atoms with Gasteiger partial charge >= 0.3 is 0 Å². The van der Waals surface area contributed by atoms with Gasteiger partial charge in [0.1, 0.15) is 0 Å². The van der Waals surface area contributed by atoms with Crippen molar-refractivity contribution in [2.75, 3.05) is 12.8 Å². The fourth-order valence-corrected chi connectivity index (χ4v) is 3.82. The molecule has 3 nitrogen and oxygen atoms in total. The molecule has 5 heteroatoms. The van der Waals surface area contributed by atoms with Crippen molar-refractivity contribution in [2.24, 2.45) is 0 Å². The van der Waals surface area contributed by atoms with Crippen LogP contribution in [0.15, 0.2) is 48.5 Å². The van der Waals surface area contributed by atoms with Gasteiger partial charge in [-0.1, -0.05) is 24.3 Å². The Morgan fingerprint density at radius 3 is 2.70 bits per heavy atom. The number of hydrogen-bond acceptors (Lipinski definition) is 4. The number of nitrogens with one attached hydrogen (secondary N) is 1. The average Bonchev–Trinajstić information content (AvgIpc) is 2.98. The van der Waals surface area contributed by atoms with E-state index in [4.69, 9.17) is 0 Å². The molecule has 0 unspecified atom stereocenters. The monoisotopic (exact) mass is 342 g/mol. The number of thiazole rings is 1. The summed E-state index contributed by atoms with van der Waals surface area (Å²) in [6, 6.07) is 15.9. The lowest BCUT2D eigenvalue weighted by Crippen LogP contribution is -2.25. The fourth-order valence-electron chi connectivity index (χ4n) is 2.33. The number of nitrogens with zero attached hydrogens (tertiary/aromatic N) is 1. The second-order valence-electron chi connectivity index (χ2n) is 5.21. The van der Waals surface area contributed by atoms with E-state index in [-0.39, 0.29) is 5.91 Å². The lowest BCUT2D eigenvalue weighted by Gasteiger charge is -2.05. The molecule has 0 spiro atoms. The van der Waals surface area contributed by atoms with E-state index in [0.717, 1.165) is 22.7 Å². The summed E-state index contributed by atoms with van der Waals surface area (Å²) in [5.41, 5.74) is 2.98. The van der Waals surface area contributed by atoms with Crippen molar-refractivity contribution in [1.82, 2.24) is 10.3 Å². The van der Waals surface area contributed by atoms with Crippen molar-refractivity contribution in [3.05, 3.63) is 64.7 Å². The van der Waals surface area contributed by atoms with Crippen molar-refractivity contribution in [2.45, 2.75) is 12.2 Å².